The molecule has 0 saturated heterocycles. The normalized spacial score (nSPS) is 10.5. The van der Waals surface area contributed by atoms with Gasteiger partial charge in [-0.3, -0.25) is 9.59 Å². The second-order valence-corrected chi connectivity index (χ2v) is 5.44. The molecule has 0 aliphatic heterocycles. The fourth-order valence-corrected chi connectivity index (χ4v) is 2.18. The Morgan fingerprint density at radius 1 is 1.16 bits per heavy atom. The lowest BCUT2D eigenvalue weighted by Crippen LogP contribution is -2.32. The first-order chi connectivity index (χ1) is 12.0. The van der Waals surface area contributed by atoms with Crippen LogP contribution in [-0.2, 0) is 9.59 Å². The van der Waals surface area contributed by atoms with Crippen LogP contribution >= 0.6 is 11.6 Å². The van der Waals surface area contributed by atoms with Crippen LogP contribution in [0, 0.1) is 6.92 Å². The van der Waals surface area contributed by atoms with Crippen LogP contribution in [0.4, 0.5) is 5.69 Å². The van der Waals surface area contributed by atoms with Crippen LogP contribution in [0.25, 0.3) is 0 Å². The molecule has 2 rings (SSSR count). The maximum absolute atomic E-state index is 11.9. The van der Waals surface area contributed by atoms with Crippen molar-refractivity contribution in [3.8, 4) is 5.75 Å². The van der Waals surface area contributed by atoms with Gasteiger partial charge < -0.3 is 10.1 Å². The van der Waals surface area contributed by atoms with Crippen LogP contribution in [0.1, 0.15) is 18.1 Å². The number of hydrazone groups is 1. The van der Waals surface area contributed by atoms with Crippen molar-refractivity contribution in [3.05, 3.63) is 58.6 Å². The number of nitrogens with one attached hydrogen (secondary N) is 2. The zero-order valence-electron chi connectivity index (χ0n) is 13.9. The van der Waals surface area contributed by atoms with Crippen LogP contribution in [0.2, 0.25) is 5.02 Å². The molecule has 0 fully saturated rings. The molecule has 2 aromatic rings. The number of halogens is 1. The second kappa shape index (κ2) is 8.84. The lowest BCUT2D eigenvalue weighted by atomic mass is 10.2. The first-order valence-corrected chi connectivity index (χ1v) is 8.02. The standard InChI is InChI=1S/C18H18ClN3O3/c1-3-25-16-10-5-4-7-13(16)11-20-22-18(24)17(23)21-15-9-6-8-14(19)12(15)2/h4-11H,3H2,1-2H3,(H,21,23)(H,22,24)/b20-11+. The summed E-state index contributed by atoms with van der Waals surface area (Å²) in [5.41, 5.74) is 4.03. The van der Waals surface area contributed by atoms with Gasteiger partial charge in [-0.05, 0) is 43.7 Å². The third-order valence-electron chi connectivity index (χ3n) is 3.31. The van der Waals surface area contributed by atoms with Crippen molar-refractivity contribution in [2.45, 2.75) is 13.8 Å². The fraction of sp³-hybridized carbons (Fsp3) is 0.167. The van der Waals surface area contributed by atoms with Gasteiger partial charge in [0, 0.05) is 16.3 Å². The van der Waals surface area contributed by atoms with E-state index in [0.717, 1.165) is 0 Å². The number of nitrogens with zero attached hydrogens (tertiary/aromatic N) is 1. The number of hydrogen-bond acceptors (Lipinski definition) is 4. The Kier molecular flexibility index (Phi) is 6.54. The highest BCUT2D eigenvalue weighted by Gasteiger charge is 2.14. The minimum Gasteiger partial charge on any atom is -0.493 e. The number of para-hydroxylation sites is 1. The molecule has 0 bridgehead atoms. The smallest absolute Gasteiger partial charge is 0.329 e. The van der Waals surface area contributed by atoms with Crippen LogP contribution in [0.15, 0.2) is 47.6 Å². The molecular formula is C18H18ClN3O3. The average Bonchev–Trinajstić information content (AvgIpc) is 2.60. The van der Waals surface area contributed by atoms with E-state index >= 15 is 0 Å². The summed E-state index contributed by atoms with van der Waals surface area (Å²) in [6.07, 6.45) is 1.42. The van der Waals surface area contributed by atoms with E-state index in [0.29, 0.717) is 34.2 Å². The van der Waals surface area contributed by atoms with Crippen molar-refractivity contribution in [1.82, 2.24) is 5.43 Å². The first-order valence-electron chi connectivity index (χ1n) is 7.64. The molecule has 2 N–H and O–H groups in total. The van der Waals surface area contributed by atoms with Crippen molar-refractivity contribution < 1.29 is 14.3 Å². The molecule has 2 aromatic carbocycles. The molecule has 0 aromatic heterocycles. The van der Waals surface area contributed by atoms with Crippen molar-refractivity contribution in [2.24, 2.45) is 5.10 Å². The van der Waals surface area contributed by atoms with Gasteiger partial charge in [-0.25, -0.2) is 5.43 Å². The van der Waals surface area contributed by atoms with Crippen LogP contribution in [-0.4, -0.2) is 24.6 Å². The number of amides is 2. The molecule has 0 radical (unpaired) electrons. The van der Waals surface area contributed by atoms with Gasteiger partial charge in [-0.15, -0.1) is 0 Å². The molecule has 0 heterocycles. The highest BCUT2D eigenvalue weighted by molar-refractivity contribution is 6.40. The molecule has 0 unspecified atom stereocenters. The van der Waals surface area contributed by atoms with Crippen LogP contribution in [0.3, 0.4) is 0 Å². The van der Waals surface area contributed by atoms with Crippen molar-refractivity contribution in [2.75, 3.05) is 11.9 Å². The Morgan fingerprint density at radius 3 is 2.68 bits per heavy atom. The number of ether oxygens (including phenoxy) is 1. The SMILES string of the molecule is CCOc1ccccc1/C=N/NC(=O)C(=O)Nc1cccc(Cl)c1C. The third kappa shape index (κ3) is 5.06. The summed E-state index contributed by atoms with van der Waals surface area (Å²) in [5.74, 6) is -1.08. The van der Waals surface area contributed by atoms with Crippen molar-refractivity contribution >= 4 is 35.3 Å². The zero-order chi connectivity index (χ0) is 18.2. The molecule has 25 heavy (non-hydrogen) atoms. The van der Waals surface area contributed by atoms with E-state index in [4.69, 9.17) is 16.3 Å². The molecule has 7 heteroatoms. The number of benzene rings is 2. The van der Waals surface area contributed by atoms with E-state index in [1.165, 1.54) is 6.21 Å². The van der Waals surface area contributed by atoms with Gasteiger partial charge in [0.05, 0.1) is 12.8 Å². The lowest BCUT2D eigenvalue weighted by Gasteiger charge is -2.08. The van der Waals surface area contributed by atoms with Crippen LogP contribution < -0.4 is 15.5 Å². The average molecular weight is 360 g/mol. The number of carbonyl (C=O) groups excluding carboxylic acids is 2. The summed E-state index contributed by atoms with van der Waals surface area (Å²) in [7, 11) is 0. The highest BCUT2D eigenvalue weighted by atomic mass is 35.5. The molecule has 2 amide bonds. The second-order valence-electron chi connectivity index (χ2n) is 5.04. The Labute approximate surface area is 150 Å². The molecule has 0 spiro atoms. The number of rotatable bonds is 5. The van der Waals surface area contributed by atoms with E-state index in [-0.39, 0.29) is 0 Å². The predicted octanol–water partition coefficient (Wildman–Crippen LogP) is 3.14. The maximum atomic E-state index is 11.9. The molecular weight excluding hydrogens is 342 g/mol. The minimum absolute atomic E-state index is 0.471. The van der Waals surface area contributed by atoms with E-state index in [2.05, 4.69) is 15.8 Å². The van der Waals surface area contributed by atoms with E-state index in [1.807, 2.05) is 19.1 Å². The van der Waals surface area contributed by atoms with Gasteiger partial charge in [0.2, 0.25) is 0 Å². The Bertz CT molecular complexity index is 806. The summed E-state index contributed by atoms with van der Waals surface area (Å²) in [4.78, 5) is 23.8. The third-order valence-corrected chi connectivity index (χ3v) is 3.72. The summed E-state index contributed by atoms with van der Waals surface area (Å²) in [5, 5.41) is 6.80. The van der Waals surface area contributed by atoms with Crippen molar-refractivity contribution in [1.29, 1.82) is 0 Å². The number of anilines is 1. The topological polar surface area (TPSA) is 79.8 Å². The summed E-state index contributed by atoms with van der Waals surface area (Å²) in [6, 6.07) is 12.3. The summed E-state index contributed by atoms with van der Waals surface area (Å²) >= 11 is 5.98. The van der Waals surface area contributed by atoms with Crippen LogP contribution in [0.5, 0.6) is 5.75 Å². The van der Waals surface area contributed by atoms with Gasteiger partial charge in [-0.1, -0.05) is 29.8 Å². The Balaban J connectivity index is 1.98. The lowest BCUT2D eigenvalue weighted by molar-refractivity contribution is -0.136. The minimum atomic E-state index is -0.885. The van der Waals surface area contributed by atoms with E-state index < -0.39 is 11.8 Å². The number of hydrogen-bond donors (Lipinski definition) is 2. The Morgan fingerprint density at radius 2 is 1.92 bits per heavy atom. The predicted molar refractivity (Wildman–Crippen MR) is 98.2 cm³/mol. The molecule has 0 aliphatic carbocycles. The zero-order valence-corrected chi connectivity index (χ0v) is 14.6. The van der Waals surface area contributed by atoms with Gasteiger partial charge >= 0.3 is 11.8 Å². The van der Waals surface area contributed by atoms with Gasteiger partial charge in [0.1, 0.15) is 5.75 Å². The van der Waals surface area contributed by atoms with Gasteiger partial charge in [0.25, 0.3) is 0 Å². The summed E-state index contributed by atoms with van der Waals surface area (Å²) in [6.45, 7) is 4.13. The molecule has 0 saturated carbocycles. The van der Waals surface area contributed by atoms with Crippen molar-refractivity contribution in [3.63, 3.8) is 0 Å². The van der Waals surface area contributed by atoms with Gasteiger partial charge in [-0.2, -0.15) is 5.10 Å². The van der Waals surface area contributed by atoms with Gasteiger partial charge in [0.15, 0.2) is 0 Å². The largest absolute Gasteiger partial charge is 0.493 e. The van der Waals surface area contributed by atoms with E-state index in [1.54, 1.807) is 37.3 Å². The molecule has 6 nitrogen and oxygen atoms in total. The molecule has 0 atom stereocenters. The maximum Gasteiger partial charge on any atom is 0.329 e. The highest BCUT2D eigenvalue weighted by Crippen LogP contribution is 2.22. The quantitative estimate of drug-likeness (QED) is 0.489. The Hall–Kier alpha value is -2.86. The first kappa shape index (κ1) is 18.5. The number of carbonyl (C=O) groups is 2. The monoisotopic (exact) mass is 359 g/mol. The molecule has 0 aliphatic rings. The fourth-order valence-electron chi connectivity index (χ4n) is 2.01. The molecule has 130 valence electrons. The van der Waals surface area contributed by atoms with E-state index in [9.17, 15) is 9.59 Å². The summed E-state index contributed by atoms with van der Waals surface area (Å²) < 4.78 is 5.45.